The van der Waals surface area contributed by atoms with Crippen LogP contribution in [-0.4, -0.2) is 17.9 Å². The summed E-state index contributed by atoms with van der Waals surface area (Å²) < 4.78 is 0. The first-order valence-electron chi connectivity index (χ1n) is 7.12. The van der Waals surface area contributed by atoms with Crippen molar-refractivity contribution in [1.29, 1.82) is 0 Å². The Bertz CT molecular complexity index is 720. The van der Waals surface area contributed by atoms with Crippen LogP contribution in [0.1, 0.15) is 38.4 Å². The lowest BCUT2D eigenvalue weighted by atomic mass is 10.1. The largest absolute Gasteiger partial charge is 0.390 e. The average molecular weight is 315 g/mol. The van der Waals surface area contributed by atoms with Crippen LogP contribution in [0.25, 0.3) is 0 Å². The third-order valence-electron chi connectivity index (χ3n) is 3.55. The van der Waals surface area contributed by atoms with Crippen LogP contribution >= 0.6 is 11.3 Å². The van der Waals surface area contributed by atoms with Gasteiger partial charge in [-0.3, -0.25) is 9.59 Å². The quantitative estimate of drug-likeness (QED) is 0.811. The maximum Gasteiger partial charge on any atom is 0.266 e. The van der Waals surface area contributed by atoms with E-state index in [1.54, 1.807) is 6.92 Å². The molecule has 0 spiro atoms. The van der Waals surface area contributed by atoms with E-state index in [0.29, 0.717) is 26.7 Å². The van der Waals surface area contributed by atoms with Gasteiger partial charge in [-0.1, -0.05) is 18.2 Å². The molecular formula is C16H17N3O2S. The topological polar surface area (TPSA) is 84.2 Å². The van der Waals surface area contributed by atoms with Gasteiger partial charge in [-0.25, -0.2) is 0 Å². The minimum Gasteiger partial charge on any atom is -0.390 e. The number of amides is 2. The average Bonchev–Trinajstić information content (AvgIpc) is 3.24. The van der Waals surface area contributed by atoms with E-state index in [1.165, 1.54) is 0 Å². The zero-order valence-electron chi connectivity index (χ0n) is 12.2. The molecule has 2 aromatic rings. The molecule has 4 N–H and O–H groups in total. The number of carbonyl (C=O) groups is 2. The molecule has 0 atom stereocenters. The van der Waals surface area contributed by atoms with E-state index in [2.05, 4.69) is 10.6 Å². The van der Waals surface area contributed by atoms with Crippen LogP contribution in [0.3, 0.4) is 0 Å². The summed E-state index contributed by atoms with van der Waals surface area (Å²) in [4.78, 5) is 25.1. The van der Waals surface area contributed by atoms with E-state index in [0.717, 1.165) is 24.2 Å². The first kappa shape index (κ1) is 14.6. The summed E-state index contributed by atoms with van der Waals surface area (Å²) in [6.07, 6.45) is 2.02. The maximum absolute atomic E-state index is 12.4. The lowest BCUT2D eigenvalue weighted by Crippen LogP contribution is -2.26. The Balaban J connectivity index is 1.82. The second-order valence-corrected chi connectivity index (χ2v) is 6.42. The Kier molecular flexibility index (Phi) is 3.85. The van der Waals surface area contributed by atoms with Gasteiger partial charge in [0.2, 0.25) is 0 Å². The summed E-state index contributed by atoms with van der Waals surface area (Å²) in [6.45, 7) is 1.76. The molecule has 0 bridgehead atoms. The van der Waals surface area contributed by atoms with Crippen LogP contribution in [0.4, 0.5) is 10.7 Å². The van der Waals surface area contributed by atoms with Gasteiger partial charge in [-0.05, 0) is 37.5 Å². The SMILES string of the molecule is Cc1c(C(=O)Nc2ccccc2)sc(N)c1C(=O)NC1CC1. The molecule has 1 aliphatic carbocycles. The number of thiophene rings is 1. The van der Waals surface area contributed by atoms with Crippen molar-refractivity contribution in [2.45, 2.75) is 25.8 Å². The van der Waals surface area contributed by atoms with Gasteiger partial charge in [0, 0.05) is 11.7 Å². The van der Waals surface area contributed by atoms with Gasteiger partial charge < -0.3 is 16.4 Å². The summed E-state index contributed by atoms with van der Waals surface area (Å²) in [5, 5.41) is 6.11. The van der Waals surface area contributed by atoms with Gasteiger partial charge in [-0.15, -0.1) is 11.3 Å². The van der Waals surface area contributed by atoms with Crippen molar-refractivity contribution in [2.75, 3.05) is 11.1 Å². The highest BCUT2D eigenvalue weighted by atomic mass is 32.1. The van der Waals surface area contributed by atoms with Crippen molar-refractivity contribution in [2.24, 2.45) is 0 Å². The normalized spacial score (nSPS) is 13.7. The number of rotatable bonds is 4. The van der Waals surface area contributed by atoms with E-state index >= 15 is 0 Å². The highest BCUT2D eigenvalue weighted by Crippen LogP contribution is 2.32. The molecule has 5 nitrogen and oxygen atoms in total. The Hall–Kier alpha value is -2.34. The van der Waals surface area contributed by atoms with Crippen molar-refractivity contribution in [3.05, 3.63) is 46.3 Å². The molecule has 1 aromatic heterocycles. The Morgan fingerprint density at radius 1 is 1.18 bits per heavy atom. The molecule has 0 saturated heterocycles. The monoisotopic (exact) mass is 315 g/mol. The van der Waals surface area contributed by atoms with Crippen molar-refractivity contribution in [1.82, 2.24) is 5.32 Å². The van der Waals surface area contributed by atoms with Gasteiger partial charge in [0.25, 0.3) is 11.8 Å². The molecule has 114 valence electrons. The van der Waals surface area contributed by atoms with Crippen molar-refractivity contribution in [3.8, 4) is 0 Å². The van der Waals surface area contributed by atoms with Gasteiger partial charge in [0.1, 0.15) is 0 Å². The molecule has 3 rings (SSSR count). The second-order valence-electron chi connectivity index (χ2n) is 5.36. The van der Waals surface area contributed by atoms with Gasteiger partial charge in [0.15, 0.2) is 0 Å². The van der Waals surface area contributed by atoms with Crippen LogP contribution in [0.15, 0.2) is 30.3 Å². The summed E-state index contributed by atoms with van der Waals surface area (Å²) in [5.41, 5.74) is 7.72. The number of nitrogens with two attached hydrogens (primary N) is 1. The summed E-state index contributed by atoms with van der Waals surface area (Å²) in [5.74, 6) is -0.432. The Morgan fingerprint density at radius 3 is 2.50 bits per heavy atom. The summed E-state index contributed by atoms with van der Waals surface area (Å²) in [6, 6.07) is 9.45. The number of hydrogen-bond donors (Lipinski definition) is 3. The first-order valence-corrected chi connectivity index (χ1v) is 7.94. The predicted molar refractivity (Wildman–Crippen MR) is 88.4 cm³/mol. The molecule has 6 heteroatoms. The predicted octanol–water partition coefficient (Wildman–Crippen LogP) is 2.78. The minimum absolute atomic E-state index is 0.187. The lowest BCUT2D eigenvalue weighted by Gasteiger charge is -2.05. The van der Waals surface area contributed by atoms with Crippen molar-refractivity contribution < 1.29 is 9.59 Å². The molecule has 1 aromatic carbocycles. The number of nitrogens with one attached hydrogen (secondary N) is 2. The number of carbonyl (C=O) groups excluding carboxylic acids is 2. The summed E-state index contributed by atoms with van der Waals surface area (Å²) in [7, 11) is 0. The molecule has 0 unspecified atom stereocenters. The van der Waals surface area contributed by atoms with Crippen LogP contribution in [0.5, 0.6) is 0 Å². The fourth-order valence-corrected chi connectivity index (χ4v) is 3.20. The van der Waals surface area contributed by atoms with Gasteiger partial charge in [0.05, 0.1) is 15.4 Å². The minimum atomic E-state index is -0.245. The maximum atomic E-state index is 12.4. The van der Waals surface area contributed by atoms with Crippen LogP contribution < -0.4 is 16.4 Å². The molecule has 2 amide bonds. The third-order valence-corrected chi connectivity index (χ3v) is 4.67. The molecule has 0 radical (unpaired) electrons. The number of nitrogen functional groups attached to an aromatic ring is 1. The Labute approximate surface area is 132 Å². The molecular weight excluding hydrogens is 298 g/mol. The highest BCUT2D eigenvalue weighted by molar-refractivity contribution is 7.18. The van der Waals surface area contributed by atoms with Crippen molar-refractivity contribution in [3.63, 3.8) is 0 Å². The van der Waals surface area contributed by atoms with E-state index in [9.17, 15) is 9.59 Å². The lowest BCUT2D eigenvalue weighted by molar-refractivity contribution is 0.0951. The van der Waals surface area contributed by atoms with E-state index in [4.69, 9.17) is 5.73 Å². The highest BCUT2D eigenvalue weighted by Gasteiger charge is 2.28. The van der Waals surface area contributed by atoms with E-state index in [1.807, 2.05) is 30.3 Å². The van der Waals surface area contributed by atoms with Gasteiger partial charge >= 0.3 is 0 Å². The standard InChI is InChI=1S/C16H17N3O2S/c1-9-12(15(20)18-11-7-8-11)14(17)22-13(9)16(21)19-10-5-3-2-4-6-10/h2-6,11H,7-8,17H2,1H3,(H,18,20)(H,19,21). The summed E-state index contributed by atoms with van der Waals surface area (Å²) >= 11 is 1.15. The molecule has 1 fully saturated rings. The van der Waals surface area contributed by atoms with Crippen LogP contribution in [-0.2, 0) is 0 Å². The second kappa shape index (κ2) is 5.81. The van der Waals surface area contributed by atoms with Gasteiger partial charge in [-0.2, -0.15) is 0 Å². The number of anilines is 2. The smallest absolute Gasteiger partial charge is 0.266 e. The van der Waals surface area contributed by atoms with Crippen LogP contribution in [0, 0.1) is 6.92 Å². The number of benzene rings is 1. The fraction of sp³-hybridized carbons (Fsp3) is 0.250. The fourth-order valence-electron chi connectivity index (χ4n) is 2.23. The molecule has 0 aliphatic heterocycles. The zero-order chi connectivity index (χ0) is 15.7. The van der Waals surface area contributed by atoms with Crippen LogP contribution in [0.2, 0.25) is 0 Å². The van der Waals surface area contributed by atoms with Crippen molar-refractivity contribution >= 4 is 33.8 Å². The van der Waals surface area contributed by atoms with E-state index in [-0.39, 0.29) is 17.9 Å². The Morgan fingerprint density at radius 2 is 1.86 bits per heavy atom. The third kappa shape index (κ3) is 2.96. The molecule has 1 saturated carbocycles. The molecule has 1 aliphatic rings. The molecule has 22 heavy (non-hydrogen) atoms. The number of hydrogen-bond acceptors (Lipinski definition) is 4. The first-order chi connectivity index (χ1) is 10.6. The zero-order valence-corrected chi connectivity index (χ0v) is 13.0. The van der Waals surface area contributed by atoms with E-state index < -0.39 is 0 Å². The molecule has 1 heterocycles. The number of para-hydroxylation sites is 1.